The molecule has 4 nitrogen and oxygen atoms in total. The molecule has 2 rings (SSSR count). The number of methoxy groups -OCH3 is 1. The summed E-state index contributed by atoms with van der Waals surface area (Å²) in [5, 5.41) is 0. The molecular formula is C14H21ClN2O2S. The van der Waals surface area contributed by atoms with Crippen LogP contribution in [-0.2, 0) is 4.79 Å². The number of hydrogen-bond acceptors (Lipinski definition) is 4. The Morgan fingerprint density at radius 1 is 1.55 bits per heavy atom. The summed E-state index contributed by atoms with van der Waals surface area (Å²) in [5.74, 6) is 1.46. The Morgan fingerprint density at radius 3 is 3.05 bits per heavy atom. The Kier molecular flexibility index (Phi) is 7.19. The molecule has 0 spiro atoms. The molecule has 1 aromatic carbocycles. The molecule has 0 saturated carbocycles. The van der Waals surface area contributed by atoms with Crippen LogP contribution < -0.4 is 10.5 Å². The maximum atomic E-state index is 12.2. The van der Waals surface area contributed by atoms with Crippen molar-refractivity contribution in [1.29, 1.82) is 0 Å². The van der Waals surface area contributed by atoms with Crippen LogP contribution in [0.3, 0.4) is 0 Å². The largest absolute Gasteiger partial charge is 0.497 e. The summed E-state index contributed by atoms with van der Waals surface area (Å²) in [6.07, 6.45) is 2.10. The number of halogens is 1. The van der Waals surface area contributed by atoms with Crippen LogP contribution in [0.4, 0.5) is 0 Å². The smallest absolute Gasteiger partial charge is 0.233 e. The number of thioether (sulfide) groups is 1. The number of carbonyl (C=O) groups is 1. The third kappa shape index (κ3) is 4.30. The van der Waals surface area contributed by atoms with Crippen molar-refractivity contribution < 1.29 is 9.53 Å². The first-order valence-electron chi connectivity index (χ1n) is 6.51. The number of nitrogens with two attached hydrogens (primary N) is 1. The maximum absolute atomic E-state index is 12.2. The zero-order valence-electron chi connectivity index (χ0n) is 11.6. The van der Waals surface area contributed by atoms with Crippen molar-refractivity contribution in [2.45, 2.75) is 23.8 Å². The number of hydrogen-bond donors (Lipinski definition) is 1. The Balaban J connectivity index is 0.00000200. The average molecular weight is 317 g/mol. The van der Waals surface area contributed by atoms with Crippen LogP contribution in [0.5, 0.6) is 5.75 Å². The van der Waals surface area contributed by atoms with E-state index in [2.05, 4.69) is 0 Å². The quantitative estimate of drug-likeness (QED) is 0.846. The fourth-order valence-corrected chi connectivity index (χ4v) is 3.16. The maximum Gasteiger partial charge on any atom is 0.233 e. The van der Waals surface area contributed by atoms with Crippen molar-refractivity contribution >= 4 is 30.1 Å². The molecule has 1 saturated heterocycles. The molecule has 0 radical (unpaired) electrons. The molecule has 2 N–H and O–H groups in total. The Hall–Kier alpha value is -0.910. The summed E-state index contributed by atoms with van der Waals surface area (Å²) >= 11 is 1.55. The highest BCUT2D eigenvalue weighted by atomic mass is 35.5. The van der Waals surface area contributed by atoms with Gasteiger partial charge in [0.15, 0.2) is 0 Å². The summed E-state index contributed by atoms with van der Waals surface area (Å²) in [4.78, 5) is 15.1. The first-order chi connectivity index (χ1) is 9.24. The molecule has 1 aromatic rings. The number of benzene rings is 1. The van der Waals surface area contributed by atoms with Gasteiger partial charge in [0.25, 0.3) is 0 Å². The van der Waals surface area contributed by atoms with E-state index < -0.39 is 0 Å². The second-order valence-electron chi connectivity index (χ2n) is 4.59. The molecule has 1 amide bonds. The summed E-state index contributed by atoms with van der Waals surface area (Å²) in [5.41, 5.74) is 5.69. The van der Waals surface area contributed by atoms with Crippen LogP contribution in [0.2, 0.25) is 0 Å². The first-order valence-corrected chi connectivity index (χ1v) is 7.49. The Bertz CT molecular complexity index is 445. The molecule has 20 heavy (non-hydrogen) atoms. The summed E-state index contributed by atoms with van der Waals surface area (Å²) in [7, 11) is 1.64. The van der Waals surface area contributed by atoms with Crippen LogP contribution in [0.25, 0.3) is 0 Å². The van der Waals surface area contributed by atoms with E-state index in [9.17, 15) is 4.79 Å². The van der Waals surface area contributed by atoms with Gasteiger partial charge >= 0.3 is 0 Å². The fourth-order valence-electron chi connectivity index (χ4n) is 2.33. The fraction of sp³-hybridized carbons (Fsp3) is 0.500. The predicted octanol–water partition coefficient (Wildman–Crippen LogP) is 2.16. The van der Waals surface area contributed by atoms with E-state index in [-0.39, 0.29) is 24.4 Å². The van der Waals surface area contributed by atoms with Gasteiger partial charge in [0.1, 0.15) is 5.75 Å². The SMILES string of the molecule is COc1cccc(SCC(=O)N2CCCC2CN)c1.Cl. The van der Waals surface area contributed by atoms with Gasteiger partial charge in [-0.15, -0.1) is 24.2 Å². The molecule has 1 aliphatic rings. The van der Waals surface area contributed by atoms with Gasteiger partial charge in [0.05, 0.1) is 12.9 Å². The summed E-state index contributed by atoms with van der Waals surface area (Å²) in [6, 6.07) is 8.01. The second-order valence-corrected chi connectivity index (χ2v) is 5.64. The van der Waals surface area contributed by atoms with Gasteiger partial charge in [0.2, 0.25) is 5.91 Å². The van der Waals surface area contributed by atoms with Crippen molar-refractivity contribution in [3.8, 4) is 5.75 Å². The lowest BCUT2D eigenvalue weighted by Crippen LogP contribution is -2.40. The summed E-state index contributed by atoms with van der Waals surface area (Å²) < 4.78 is 5.17. The molecule has 0 bridgehead atoms. The van der Waals surface area contributed by atoms with Crippen molar-refractivity contribution in [1.82, 2.24) is 4.90 Å². The molecule has 1 atom stereocenters. The van der Waals surface area contributed by atoms with Gasteiger partial charge in [-0.2, -0.15) is 0 Å². The number of ether oxygens (including phenoxy) is 1. The number of nitrogens with zero attached hydrogens (tertiary/aromatic N) is 1. The van der Waals surface area contributed by atoms with Gasteiger partial charge in [-0.25, -0.2) is 0 Å². The molecule has 1 heterocycles. The zero-order chi connectivity index (χ0) is 13.7. The minimum Gasteiger partial charge on any atom is -0.497 e. The monoisotopic (exact) mass is 316 g/mol. The van der Waals surface area contributed by atoms with Crippen molar-refractivity contribution in [3.05, 3.63) is 24.3 Å². The predicted molar refractivity (Wildman–Crippen MR) is 84.8 cm³/mol. The van der Waals surface area contributed by atoms with Crippen LogP contribution in [-0.4, -0.2) is 42.8 Å². The van der Waals surface area contributed by atoms with Crippen molar-refractivity contribution in [2.24, 2.45) is 5.73 Å². The third-order valence-corrected chi connectivity index (χ3v) is 4.35. The lowest BCUT2D eigenvalue weighted by atomic mass is 10.2. The number of amides is 1. The summed E-state index contributed by atoms with van der Waals surface area (Å²) in [6.45, 7) is 1.41. The molecule has 1 fully saturated rings. The van der Waals surface area contributed by atoms with Gasteiger partial charge in [0, 0.05) is 24.0 Å². The van der Waals surface area contributed by atoms with E-state index in [1.54, 1.807) is 18.9 Å². The first kappa shape index (κ1) is 17.1. The lowest BCUT2D eigenvalue weighted by molar-refractivity contribution is -0.128. The van der Waals surface area contributed by atoms with E-state index in [1.165, 1.54) is 0 Å². The molecule has 1 aliphatic heterocycles. The van der Waals surface area contributed by atoms with Crippen LogP contribution in [0.15, 0.2) is 29.2 Å². The zero-order valence-corrected chi connectivity index (χ0v) is 13.2. The highest BCUT2D eigenvalue weighted by Crippen LogP contribution is 2.24. The third-order valence-electron chi connectivity index (χ3n) is 3.37. The van der Waals surface area contributed by atoms with Crippen LogP contribution in [0.1, 0.15) is 12.8 Å². The lowest BCUT2D eigenvalue weighted by Gasteiger charge is -2.23. The van der Waals surface area contributed by atoms with E-state index in [4.69, 9.17) is 10.5 Å². The molecular weight excluding hydrogens is 296 g/mol. The van der Waals surface area contributed by atoms with E-state index in [1.807, 2.05) is 29.2 Å². The van der Waals surface area contributed by atoms with E-state index >= 15 is 0 Å². The van der Waals surface area contributed by atoms with Crippen LogP contribution >= 0.6 is 24.2 Å². The Morgan fingerprint density at radius 2 is 2.35 bits per heavy atom. The van der Waals surface area contributed by atoms with Gasteiger partial charge < -0.3 is 15.4 Å². The molecule has 112 valence electrons. The standard InChI is InChI=1S/C14H20N2O2S.ClH/c1-18-12-5-2-6-13(8-12)19-10-14(17)16-7-3-4-11(16)9-15;/h2,5-6,8,11H,3-4,7,9-10,15H2,1H3;1H. The van der Waals surface area contributed by atoms with Crippen molar-refractivity contribution in [3.63, 3.8) is 0 Å². The molecule has 1 unspecified atom stereocenters. The van der Waals surface area contributed by atoms with E-state index in [0.29, 0.717) is 12.3 Å². The minimum atomic E-state index is 0. The number of carbonyl (C=O) groups excluding carboxylic acids is 1. The second kappa shape index (κ2) is 8.39. The highest BCUT2D eigenvalue weighted by Gasteiger charge is 2.27. The van der Waals surface area contributed by atoms with Crippen LogP contribution in [0, 0.1) is 0 Å². The molecule has 0 aromatic heterocycles. The number of rotatable bonds is 5. The van der Waals surface area contributed by atoms with Gasteiger partial charge in [-0.1, -0.05) is 6.07 Å². The van der Waals surface area contributed by atoms with E-state index in [0.717, 1.165) is 30.0 Å². The van der Waals surface area contributed by atoms with Gasteiger partial charge in [-0.3, -0.25) is 4.79 Å². The average Bonchev–Trinajstić information content (AvgIpc) is 2.93. The molecule has 6 heteroatoms. The highest BCUT2D eigenvalue weighted by molar-refractivity contribution is 8.00. The number of likely N-dealkylation sites (tertiary alicyclic amines) is 1. The Labute approximate surface area is 130 Å². The van der Waals surface area contributed by atoms with Gasteiger partial charge in [-0.05, 0) is 31.0 Å². The normalized spacial score (nSPS) is 17.7. The molecule has 0 aliphatic carbocycles. The van der Waals surface area contributed by atoms with Crippen molar-refractivity contribution in [2.75, 3.05) is 26.0 Å². The topological polar surface area (TPSA) is 55.6 Å². The minimum absolute atomic E-state index is 0.